The molecule has 26 heavy (non-hydrogen) atoms. The average molecular weight is 347 g/mol. The Labute approximate surface area is 150 Å². The first-order valence-corrected chi connectivity index (χ1v) is 8.00. The number of benzene rings is 2. The van der Waals surface area contributed by atoms with E-state index in [1.165, 1.54) is 12.3 Å². The molecule has 2 amide bonds. The van der Waals surface area contributed by atoms with Crippen molar-refractivity contribution >= 4 is 11.8 Å². The second-order valence-corrected chi connectivity index (χ2v) is 5.61. The highest BCUT2D eigenvalue weighted by Gasteiger charge is 2.08. The van der Waals surface area contributed by atoms with Gasteiger partial charge in [0.15, 0.2) is 0 Å². The minimum Gasteiger partial charge on any atom is -0.346 e. The van der Waals surface area contributed by atoms with E-state index >= 15 is 0 Å². The number of rotatable bonds is 5. The van der Waals surface area contributed by atoms with Gasteiger partial charge in [0.25, 0.3) is 11.8 Å². The van der Waals surface area contributed by atoms with Crippen LogP contribution in [0.4, 0.5) is 0 Å². The van der Waals surface area contributed by atoms with Crippen LogP contribution in [0.3, 0.4) is 0 Å². The molecule has 0 saturated carbocycles. The number of carbonyl (C=O) groups is 2. The Morgan fingerprint density at radius 2 is 1.46 bits per heavy atom. The molecule has 3 N–H and O–H groups in total. The van der Waals surface area contributed by atoms with Gasteiger partial charge in [0, 0.05) is 11.8 Å². The van der Waals surface area contributed by atoms with Crippen LogP contribution < -0.4 is 10.8 Å². The highest BCUT2D eigenvalue weighted by molar-refractivity contribution is 5.94. The van der Waals surface area contributed by atoms with Crippen LogP contribution in [0.5, 0.6) is 0 Å². The number of hydrogen-bond acceptors (Lipinski definition) is 4. The minimum atomic E-state index is -0.633. The van der Waals surface area contributed by atoms with Gasteiger partial charge in [-0.05, 0) is 35.4 Å². The van der Waals surface area contributed by atoms with Gasteiger partial charge in [-0.15, -0.1) is 0 Å². The second-order valence-electron chi connectivity index (χ2n) is 5.61. The Morgan fingerprint density at radius 3 is 2.08 bits per heavy atom. The van der Waals surface area contributed by atoms with Crippen molar-refractivity contribution in [3.8, 4) is 11.1 Å². The third-order valence-electron chi connectivity index (χ3n) is 3.87. The second kappa shape index (κ2) is 8.04. The predicted molar refractivity (Wildman–Crippen MR) is 96.5 cm³/mol. The zero-order chi connectivity index (χ0) is 18.4. The summed E-state index contributed by atoms with van der Waals surface area (Å²) in [6, 6.07) is 20.4. The Balaban J connectivity index is 1.60. The maximum Gasteiger partial charge on any atom is 0.276 e. The summed E-state index contributed by atoms with van der Waals surface area (Å²) in [5, 5.41) is 11.4. The van der Waals surface area contributed by atoms with Crippen molar-refractivity contribution in [1.82, 2.24) is 15.8 Å². The molecule has 0 aliphatic heterocycles. The largest absolute Gasteiger partial charge is 0.346 e. The van der Waals surface area contributed by atoms with Crippen molar-refractivity contribution in [2.24, 2.45) is 0 Å². The first-order valence-electron chi connectivity index (χ1n) is 8.00. The molecule has 2 aromatic carbocycles. The van der Waals surface area contributed by atoms with Crippen molar-refractivity contribution in [2.45, 2.75) is 6.54 Å². The SMILES string of the molecule is O=C(NO)c1ccc(CNC(=O)c2ccc(-c3ccccc3)cc2)nc1. The number of aromatic nitrogens is 1. The van der Waals surface area contributed by atoms with E-state index in [4.69, 9.17) is 5.21 Å². The molecule has 0 aliphatic rings. The smallest absolute Gasteiger partial charge is 0.276 e. The van der Waals surface area contributed by atoms with Gasteiger partial charge in [0.2, 0.25) is 0 Å². The van der Waals surface area contributed by atoms with Crippen molar-refractivity contribution in [2.75, 3.05) is 0 Å². The van der Waals surface area contributed by atoms with E-state index in [1.807, 2.05) is 42.5 Å². The maximum absolute atomic E-state index is 12.3. The molecule has 3 rings (SSSR count). The topological polar surface area (TPSA) is 91.3 Å². The number of hydrogen-bond donors (Lipinski definition) is 3. The van der Waals surface area contributed by atoms with Gasteiger partial charge < -0.3 is 5.32 Å². The highest BCUT2D eigenvalue weighted by Crippen LogP contribution is 2.19. The molecular weight excluding hydrogens is 330 g/mol. The summed E-state index contributed by atoms with van der Waals surface area (Å²) < 4.78 is 0. The monoisotopic (exact) mass is 347 g/mol. The lowest BCUT2D eigenvalue weighted by Gasteiger charge is -2.07. The van der Waals surface area contributed by atoms with Crippen molar-refractivity contribution in [3.05, 3.63) is 89.7 Å². The van der Waals surface area contributed by atoms with Crippen LogP contribution in [0.2, 0.25) is 0 Å². The van der Waals surface area contributed by atoms with Crippen LogP contribution in [-0.2, 0) is 6.54 Å². The molecule has 0 bridgehead atoms. The third-order valence-corrected chi connectivity index (χ3v) is 3.87. The fraction of sp³-hybridized carbons (Fsp3) is 0.0500. The lowest BCUT2D eigenvalue weighted by atomic mass is 10.0. The first-order chi connectivity index (χ1) is 12.7. The fourth-order valence-electron chi connectivity index (χ4n) is 2.45. The summed E-state index contributed by atoms with van der Waals surface area (Å²) in [6.45, 7) is 0.236. The van der Waals surface area contributed by atoms with Gasteiger partial charge in [-0.1, -0.05) is 42.5 Å². The van der Waals surface area contributed by atoms with E-state index < -0.39 is 5.91 Å². The molecule has 0 atom stereocenters. The number of nitrogens with one attached hydrogen (secondary N) is 2. The number of pyridine rings is 1. The normalized spacial score (nSPS) is 10.2. The standard InChI is InChI=1S/C20H17N3O3/c24-19(22-13-18-11-10-17(12-21-18)20(25)23-26)16-8-6-15(7-9-16)14-4-2-1-3-5-14/h1-12,26H,13H2,(H,22,24)(H,23,25). The predicted octanol–water partition coefficient (Wildman–Crippen LogP) is 2.80. The molecule has 0 saturated heterocycles. The van der Waals surface area contributed by atoms with Crippen LogP contribution in [0.1, 0.15) is 26.4 Å². The van der Waals surface area contributed by atoms with Crippen LogP contribution in [0.25, 0.3) is 11.1 Å². The van der Waals surface area contributed by atoms with Crippen LogP contribution in [0, 0.1) is 0 Å². The van der Waals surface area contributed by atoms with Crippen molar-refractivity contribution in [1.29, 1.82) is 0 Å². The van der Waals surface area contributed by atoms with Gasteiger partial charge in [0.1, 0.15) is 0 Å². The van der Waals surface area contributed by atoms with Gasteiger partial charge in [0.05, 0.1) is 17.8 Å². The summed E-state index contributed by atoms with van der Waals surface area (Å²) in [4.78, 5) is 27.6. The van der Waals surface area contributed by atoms with Crippen LogP contribution in [-0.4, -0.2) is 22.0 Å². The molecule has 0 spiro atoms. The molecule has 0 aliphatic carbocycles. The molecule has 1 heterocycles. The lowest BCUT2D eigenvalue weighted by molar-refractivity contribution is 0.0705. The minimum absolute atomic E-state index is 0.205. The van der Waals surface area contributed by atoms with E-state index in [2.05, 4.69) is 10.3 Å². The van der Waals surface area contributed by atoms with E-state index in [0.717, 1.165) is 11.1 Å². The number of hydroxylamine groups is 1. The molecule has 0 radical (unpaired) electrons. The van der Waals surface area contributed by atoms with Gasteiger partial charge in [-0.25, -0.2) is 5.48 Å². The summed E-state index contributed by atoms with van der Waals surface area (Å²) in [6.07, 6.45) is 1.34. The Kier molecular flexibility index (Phi) is 5.36. The lowest BCUT2D eigenvalue weighted by Crippen LogP contribution is -2.23. The zero-order valence-electron chi connectivity index (χ0n) is 13.8. The third kappa shape index (κ3) is 4.12. The summed E-state index contributed by atoms with van der Waals surface area (Å²) >= 11 is 0. The molecule has 130 valence electrons. The Bertz CT molecular complexity index is 892. The Hall–Kier alpha value is -3.51. The fourth-order valence-corrected chi connectivity index (χ4v) is 2.45. The van der Waals surface area contributed by atoms with Gasteiger partial charge in [-0.3, -0.25) is 19.8 Å². The maximum atomic E-state index is 12.3. The molecule has 3 aromatic rings. The molecule has 6 heteroatoms. The molecule has 0 fully saturated rings. The van der Waals surface area contributed by atoms with Gasteiger partial charge >= 0.3 is 0 Å². The number of nitrogens with zero attached hydrogens (tertiary/aromatic N) is 1. The van der Waals surface area contributed by atoms with Crippen LogP contribution >= 0.6 is 0 Å². The van der Waals surface area contributed by atoms with Crippen molar-refractivity contribution < 1.29 is 14.8 Å². The van der Waals surface area contributed by atoms with Gasteiger partial charge in [-0.2, -0.15) is 0 Å². The summed E-state index contributed by atoms with van der Waals surface area (Å²) in [5.41, 5.74) is 5.07. The number of amides is 2. The zero-order valence-corrected chi connectivity index (χ0v) is 13.8. The summed E-state index contributed by atoms with van der Waals surface area (Å²) in [7, 11) is 0. The molecule has 0 unspecified atom stereocenters. The molecule has 1 aromatic heterocycles. The van der Waals surface area contributed by atoms with E-state index in [0.29, 0.717) is 11.3 Å². The van der Waals surface area contributed by atoms with Crippen LogP contribution in [0.15, 0.2) is 72.9 Å². The summed E-state index contributed by atoms with van der Waals surface area (Å²) in [5.74, 6) is -0.838. The van der Waals surface area contributed by atoms with E-state index in [1.54, 1.807) is 23.7 Å². The van der Waals surface area contributed by atoms with Crippen molar-refractivity contribution in [3.63, 3.8) is 0 Å². The number of carbonyl (C=O) groups excluding carboxylic acids is 2. The van der Waals surface area contributed by atoms with E-state index in [9.17, 15) is 9.59 Å². The molecular formula is C20H17N3O3. The Morgan fingerprint density at radius 1 is 0.808 bits per heavy atom. The quantitative estimate of drug-likeness (QED) is 0.489. The highest BCUT2D eigenvalue weighted by atomic mass is 16.5. The van der Waals surface area contributed by atoms with E-state index in [-0.39, 0.29) is 18.0 Å². The first kappa shape index (κ1) is 17.3. The average Bonchev–Trinajstić information content (AvgIpc) is 2.72. The molecule has 6 nitrogen and oxygen atoms in total.